The molecule has 2 aromatic carbocycles. The van der Waals surface area contributed by atoms with Crippen molar-refractivity contribution in [2.24, 2.45) is 0 Å². The summed E-state index contributed by atoms with van der Waals surface area (Å²) in [5.41, 5.74) is 5.15. The Balaban J connectivity index is 2.26. The van der Waals surface area contributed by atoms with Gasteiger partial charge in [0, 0.05) is 11.3 Å². The van der Waals surface area contributed by atoms with Gasteiger partial charge in [-0.15, -0.1) is 0 Å². The third-order valence-corrected chi connectivity index (χ3v) is 4.01. The van der Waals surface area contributed by atoms with Crippen molar-refractivity contribution in [3.63, 3.8) is 0 Å². The Hall–Kier alpha value is -2.09. The molecule has 0 bridgehead atoms. The smallest absolute Gasteiger partial charge is 0.255 e. The number of para-hydroxylation sites is 1. The minimum absolute atomic E-state index is 0.0495. The predicted molar refractivity (Wildman–Crippen MR) is 93.8 cm³/mol. The highest BCUT2D eigenvalue weighted by Gasteiger charge is 2.13. The second-order valence-electron chi connectivity index (χ2n) is 6.42. The molecule has 1 N–H and O–H groups in total. The Morgan fingerprint density at radius 2 is 1.55 bits per heavy atom. The van der Waals surface area contributed by atoms with Crippen LogP contribution in [0.3, 0.4) is 0 Å². The summed E-state index contributed by atoms with van der Waals surface area (Å²) in [5, 5.41) is 3.09. The number of rotatable bonds is 4. The Bertz CT molecular complexity index is 654. The van der Waals surface area contributed by atoms with E-state index in [9.17, 15) is 4.79 Å². The van der Waals surface area contributed by atoms with Crippen LogP contribution in [0.2, 0.25) is 0 Å². The van der Waals surface area contributed by atoms with E-state index in [1.165, 1.54) is 11.1 Å². The number of amides is 1. The molecule has 2 rings (SSSR count). The summed E-state index contributed by atoms with van der Waals surface area (Å²) in [6.07, 6.45) is 0. The van der Waals surface area contributed by atoms with Gasteiger partial charge in [0.1, 0.15) is 0 Å². The molecule has 0 aliphatic carbocycles. The van der Waals surface area contributed by atoms with Crippen LogP contribution in [0.15, 0.2) is 42.5 Å². The monoisotopic (exact) mass is 295 g/mol. The van der Waals surface area contributed by atoms with Crippen molar-refractivity contribution in [2.45, 2.75) is 46.5 Å². The average molecular weight is 295 g/mol. The molecule has 0 aliphatic heterocycles. The molecule has 116 valence electrons. The van der Waals surface area contributed by atoms with E-state index in [0.717, 1.165) is 11.3 Å². The van der Waals surface area contributed by atoms with Crippen molar-refractivity contribution in [2.75, 3.05) is 5.32 Å². The van der Waals surface area contributed by atoms with Crippen LogP contribution in [-0.2, 0) is 0 Å². The maximum Gasteiger partial charge on any atom is 0.255 e. The van der Waals surface area contributed by atoms with E-state index in [1.807, 2.05) is 43.3 Å². The zero-order chi connectivity index (χ0) is 16.3. The topological polar surface area (TPSA) is 29.1 Å². The summed E-state index contributed by atoms with van der Waals surface area (Å²) in [5.74, 6) is 0.797. The number of hydrogen-bond acceptors (Lipinski definition) is 1. The van der Waals surface area contributed by atoms with Crippen LogP contribution in [0.1, 0.15) is 66.6 Å². The van der Waals surface area contributed by atoms with Crippen molar-refractivity contribution in [3.05, 3.63) is 64.7 Å². The lowest BCUT2D eigenvalue weighted by Gasteiger charge is -2.16. The normalized spacial score (nSPS) is 11.0. The zero-order valence-electron chi connectivity index (χ0n) is 14.1. The van der Waals surface area contributed by atoms with Gasteiger partial charge in [0.25, 0.3) is 5.91 Å². The number of nitrogens with one attached hydrogen (secondary N) is 1. The lowest BCUT2D eigenvalue weighted by Crippen LogP contribution is -2.14. The minimum atomic E-state index is -0.0495. The number of benzene rings is 2. The second kappa shape index (κ2) is 6.78. The molecule has 2 nitrogen and oxygen atoms in total. The largest absolute Gasteiger partial charge is 0.321 e. The number of hydrogen-bond donors (Lipinski definition) is 1. The highest BCUT2D eigenvalue weighted by Crippen LogP contribution is 2.28. The Morgan fingerprint density at radius 3 is 2.09 bits per heavy atom. The van der Waals surface area contributed by atoms with Crippen molar-refractivity contribution in [1.29, 1.82) is 0 Å². The molecule has 22 heavy (non-hydrogen) atoms. The van der Waals surface area contributed by atoms with Gasteiger partial charge in [-0.2, -0.15) is 0 Å². The average Bonchev–Trinajstić information content (AvgIpc) is 2.49. The summed E-state index contributed by atoms with van der Waals surface area (Å²) in [4.78, 5) is 12.5. The van der Waals surface area contributed by atoms with Gasteiger partial charge in [0.2, 0.25) is 0 Å². The van der Waals surface area contributed by atoms with Gasteiger partial charge in [-0.05, 0) is 47.6 Å². The van der Waals surface area contributed by atoms with Crippen molar-refractivity contribution >= 4 is 11.6 Å². The van der Waals surface area contributed by atoms with Crippen LogP contribution >= 0.6 is 0 Å². The van der Waals surface area contributed by atoms with Gasteiger partial charge in [-0.25, -0.2) is 0 Å². The maximum atomic E-state index is 12.5. The van der Waals surface area contributed by atoms with Gasteiger partial charge in [0.05, 0.1) is 0 Å². The van der Waals surface area contributed by atoms with Crippen molar-refractivity contribution in [1.82, 2.24) is 0 Å². The first-order chi connectivity index (χ1) is 10.4. The molecule has 0 aromatic heterocycles. The summed E-state index contributed by atoms with van der Waals surface area (Å²) in [6.45, 7) is 10.6. The molecule has 0 saturated heterocycles. The molecule has 0 radical (unpaired) electrons. The van der Waals surface area contributed by atoms with Gasteiger partial charge < -0.3 is 5.32 Å². The Morgan fingerprint density at radius 1 is 0.909 bits per heavy atom. The molecule has 0 spiro atoms. The lowest BCUT2D eigenvalue weighted by atomic mass is 9.97. The molecule has 2 aromatic rings. The van der Waals surface area contributed by atoms with E-state index in [0.29, 0.717) is 17.4 Å². The Labute approximate surface area is 133 Å². The maximum absolute atomic E-state index is 12.5. The number of anilines is 1. The molecule has 0 unspecified atom stereocenters. The van der Waals surface area contributed by atoms with Gasteiger partial charge >= 0.3 is 0 Å². The fraction of sp³-hybridized carbons (Fsp3) is 0.350. The van der Waals surface area contributed by atoms with Crippen LogP contribution in [0.5, 0.6) is 0 Å². The highest BCUT2D eigenvalue weighted by molar-refractivity contribution is 6.05. The molecule has 0 atom stereocenters. The van der Waals surface area contributed by atoms with Gasteiger partial charge in [-0.3, -0.25) is 4.79 Å². The first kappa shape index (κ1) is 16.3. The van der Waals surface area contributed by atoms with E-state index in [2.05, 4.69) is 39.1 Å². The van der Waals surface area contributed by atoms with Crippen molar-refractivity contribution < 1.29 is 4.79 Å². The molecule has 1 amide bonds. The second-order valence-corrected chi connectivity index (χ2v) is 6.42. The summed E-state index contributed by atoms with van der Waals surface area (Å²) in [6, 6.07) is 14.0. The van der Waals surface area contributed by atoms with E-state index in [-0.39, 0.29) is 5.91 Å². The molecule has 0 heterocycles. The van der Waals surface area contributed by atoms with E-state index in [1.54, 1.807) is 0 Å². The molecular formula is C20H25NO. The number of carbonyl (C=O) groups excluding carboxylic acids is 1. The summed E-state index contributed by atoms with van der Waals surface area (Å²) in [7, 11) is 0. The van der Waals surface area contributed by atoms with Gasteiger partial charge in [0.15, 0.2) is 0 Å². The molecule has 0 saturated carbocycles. The van der Waals surface area contributed by atoms with E-state index >= 15 is 0 Å². The third-order valence-electron chi connectivity index (χ3n) is 4.01. The summed E-state index contributed by atoms with van der Waals surface area (Å²) >= 11 is 0. The van der Waals surface area contributed by atoms with E-state index < -0.39 is 0 Å². The molecular weight excluding hydrogens is 270 g/mol. The fourth-order valence-electron chi connectivity index (χ4n) is 2.55. The minimum Gasteiger partial charge on any atom is -0.321 e. The predicted octanol–water partition coefficient (Wildman–Crippen LogP) is 5.49. The zero-order valence-corrected chi connectivity index (χ0v) is 14.1. The van der Waals surface area contributed by atoms with Crippen LogP contribution < -0.4 is 5.32 Å². The van der Waals surface area contributed by atoms with Crippen molar-refractivity contribution in [3.8, 4) is 0 Å². The SMILES string of the molecule is Cc1cccc(C(C)C)c1NC(=O)c1ccc(C(C)C)cc1. The molecule has 0 fully saturated rings. The van der Waals surface area contributed by atoms with Crippen LogP contribution in [0.4, 0.5) is 5.69 Å². The standard InChI is InChI=1S/C20H25NO/c1-13(2)16-9-11-17(12-10-16)20(22)21-19-15(5)7-6-8-18(19)14(3)4/h6-14H,1-5H3,(H,21,22). The quantitative estimate of drug-likeness (QED) is 0.793. The van der Waals surface area contributed by atoms with E-state index in [4.69, 9.17) is 0 Å². The third kappa shape index (κ3) is 3.56. The highest BCUT2D eigenvalue weighted by atomic mass is 16.1. The first-order valence-corrected chi connectivity index (χ1v) is 7.91. The van der Waals surface area contributed by atoms with Gasteiger partial charge in [-0.1, -0.05) is 58.0 Å². The number of carbonyl (C=O) groups is 1. The first-order valence-electron chi connectivity index (χ1n) is 7.91. The van der Waals surface area contributed by atoms with Crippen LogP contribution in [-0.4, -0.2) is 5.91 Å². The number of aryl methyl sites for hydroxylation is 1. The van der Waals surface area contributed by atoms with Crippen LogP contribution in [0, 0.1) is 6.92 Å². The Kier molecular flexibility index (Phi) is 5.02. The fourth-order valence-corrected chi connectivity index (χ4v) is 2.55. The van der Waals surface area contributed by atoms with Crippen LogP contribution in [0.25, 0.3) is 0 Å². The molecule has 2 heteroatoms. The summed E-state index contributed by atoms with van der Waals surface area (Å²) < 4.78 is 0. The lowest BCUT2D eigenvalue weighted by molar-refractivity contribution is 0.102. The molecule has 0 aliphatic rings.